The highest BCUT2D eigenvalue weighted by Crippen LogP contribution is 2.25. The minimum absolute atomic E-state index is 0.00306. The molecule has 0 atom stereocenters. The van der Waals surface area contributed by atoms with Gasteiger partial charge in [0.05, 0.1) is 4.92 Å². The highest BCUT2D eigenvalue weighted by Gasteiger charge is 2.13. The maximum absolute atomic E-state index is 10.4. The number of nitrogens with two attached hydrogens (primary N) is 1. The highest BCUT2D eigenvalue weighted by atomic mass is 32.2. The molecule has 1 aromatic rings. The number of pyridine rings is 1. The summed E-state index contributed by atoms with van der Waals surface area (Å²) in [6, 6.07) is 2.77. The van der Waals surface area contributed by atoms with Gasteiger partial charge in [0.1, 0.15) is 5.82 Å². The predicted molar refractivity (Wildman–Crippen MR) is 47.1 cm³/mol. The van der Waals surface area contributed by atoms with E-state index in [0.29, 0.717) is 10.8 Å². The molecule has 0 spiro atoms. The van der Waals surface area contributed by atoms with Gasteiger partial charge >= 0.3 is 5.69 Å². The summed E-state index contributed by atoms with van der Waals surface area (Å²) in [4.78, 5) is 13.7. The van der Waals surface area contributed by atoms with Gasteiger partial charge in [-0.3, -0.25) is 10.1 Å². The van der Waals surface area contributed by atoms with E-state index in [1.54, 1.807) is 6.26 Å². The van der Waals surface area contributed by atoms with Crippen molar-refractivity contribution < 1.29 is 4.92 Å². The summed E-state index contributed by atoms with van der Waals surface area (Å²) >= 11 is 1.21. The van der Waals surface area contributed by atoms with Crippen LogP contribution < -0.4 is 5.73 Å². The molecule has 0 radical (unpaired) electrons. The largest absolute Gasteiger partial charge is 0.384 e. The van der Waals surface area contributed by atoms with Gasteiger partial charge in [0.25, 0.3) is 0 Å². The van der Waals surface area contributed by atoms with E-state index in [1.807, 2.05) is 0 Å². The molecule has 1 rings (SSSR count). The molecule has 0 saturated carbocycles. The zero-order valence-corrected chi connectivity index (χ0v) is 7.17. The second-order valence-electron chi connectivity index (χ2n) is 2.02. The molecule has 64 valence electrons. The van der Waals surface area contributed by atoms with Gasteiger partial charge in [0, 0.05) is 6.07 Å². The number of hydrogen-bond donors (Lipinski definition) is 1. The zero-order valence-electron chi connectivity index (χ0n) is 6.35. The Hall–Kier alpha value is -1.30. The number of rotatable bonds is 2. The molecule has 1 heterocycles. The minimum atomic E-state index is -0.474. The van der Waals surface area contributed by atoms with Gasteiger partial charge < -0.3 is 5.73 Å². The topological polar surface area (TPSA) is 82.0 Å². The van der Waals surface area contributed by atoms with Crippen LogP contribution in [0, 0.1) is 10.1 Å². The van der Waals surface area contributed by atoms with Crippen molar-refractivity contribution in [2.24, 2.45) is 0 Å². The van der Waals surface area contributed by atoms with E-state index in [2.05, 4.69) is 4.98 Å². The fourth-order valence-corrected chi connectivity index (χ4v) is 1.28. The summed E-state index contributed by atoms with van der Waals surface area (Å²) < 4.78 is 0. The molecule has 0 fully saturated rings. The first-order valence-electron chi connectivity index (χ1n) is 3.10. The normalized spacial score (nSPS) is 9.75. The molecule has 2 N–H and O–H groups in total. The molecular formula is C6H7N3O2S. The summed E-state index contributed by atoms with van der Waals surface area (Å²) in [5.41, 5.74) is 5.35. The van der Waals surface area contributed by atoms with Crippen molar-refractivity contribution in [3.05, 3.63) is 22.2 Å². The second kappa shape index (κ2) is 3.40. The summed E-state index contributed by atoms with van der Waals surface area (Å²) in [7, 11) is 0. The van der Waals surface area contributed by atoms with Gasteiger partial charge in [-0.1, -0.05) is 0 Å². The van der Waals surface area contributed by atoms with Crippen molar-refractivity contribution in [3.8, 4) is 0 Å². The van der Waals surface area contributed by atoms with Crippen LogP contribution in [0.3, 0.4) is 0 Å². The lowest BCUT2D eigenvalue weighted by Gasteiger charge is -1.98. The molecule has 0 aromatic carbocycles. The Morgan fingerprint density at radius 1 is 1.67 bits per heavy atom. The molecule has 0 unspecified atom stereocenters. The van der Waals surface area contributed by atoms with Crippen LogP contribution in [0.15, 0.2) is 17.2 Å². The smallest absolute Gasteiger partial charge is 0.301 e. The standard InChI is InChI=1S/C6H7N3O2S/c1-12-6-4(9(10)11)2-3-5(7)8-6/h2-3H,1H3,(H2,7,8). The molecule has 1 aromatic heterocycles. The van der Waals surface area contributed by atoms with Crippen LogP contribution in [0.25, 0.3) is 0 Å². The van der Waals surface area contributed by atoms with Gasteiger partial charge in [-0.05, 0) is 12.3 Å². The first kappa shape index (κ1) is 8.79. The van der Waals surface area contributed by atoms with Crippen LogP contribution >= 0.6 is 11.8 Å². The third-order valence-corrected chi connectivity index (χ3v) is 1.94. The third kappa shape index (κ3) is 1.65. The molecule has 5 nitrogen and oxygen atoms in total. The van der Waals surface area contributed by atoms with E-state index in [9.17, 15) is 10.1 Å². The number of aromatic nitrogens is 1. The van der Waals surface area contributed by atoms with Gasteiger partial charge in [-0.2, -0.15) is 0 Å². The SMILES string of the molecule is CSc1nc(N)ccc1[N+](=O)[O-]. The van der Waals surface area contributed by atoms with Gasteiger partial charge in [0.15, 0.2) is 5.03 Å². The number of nitro groups is 1. The predicted octanol–water partition coefficient (Wildman–Crippen LogP) is 1.29. The van der Waals surface area contributed by atoms with Gasteiger partial charge in [-0.15, -0.1) is 11.8 Å². The van der Waals surface area contributed by atoms with E-state index in [4.69, 9.17) is 5.73 Å². The Kier molecular flexibility index (Phi) is 2.49. The first-order chi connectivity index (χ1) is 5.65. The van der Waals surface area contributed by atoms with E-state index < -0.39 is 4.92 Å². The summed E-state index contributed by atoms with van der Waals surface area (Å²) in [5, 5.41) is 10.8. The van der Waals surface area contributed by atoms with Crippen LogP contribution in [-0.2, 0) is 0 Å². The Morgan fingerprint density at radius 2 is 2.33 bits per heavy atom. The maximum atomic E-state index is 10.4. The van der Waals surface area contributed by atoms with Crippen LogP contribution in [0.1, 0.15) is 0 Å². The van der Waals surface area contributed by atoms with Crippen LogP contribution in [0.4, 0.5) is 11.5 Å². The van der Waals surface area contributed by atoms with Crippen LogP contribution in [-0.4, -0.2) is 16.2 Å². The van der Waals surface area contributed by atoms with E-state index in [1.165, 1.54) is 23.9 Å². The fraction of sp³-hybridized carbons (Fsp3) is 0.167. The number of nitrogen functional groups attached to an aromatic ring is 1. The quantitative estimate of drug-likeness (QED) is 0.426. The molecular weight excluding hydrogens is 178 g/mol. The van der Waals surface area contributed by atoms with Crippen molar-refractivity contribution in [2.45, 2.75) is 5.03 Å². The third-order valence-electron chi connectivity index (χ3n) is 1.25. The Balaban J connectivity index is 3.20. The molecule has 0 bridgehead atoms. The molecule has 0 aliphatic rings. The fourth-order valence-electron chi connectivity index (χ4n) is 0.737. The number of hydrogen-bond acceptors (Lipinski definition) is 5. The monoisotopic (exact) mass is 185 g/mol. The Labute approximate surface area is 73.1 Å². The van der Waals surface area contributed by atoms with Crippen molar-refractivity contribution in [2.75, 3.05) is 12.0 Å². The van der Waals surface area contributed by atoms with Crippen LogP contribution in [0.5, 0.6) is 0 Å². The lowest BCUT2D eigenvalue weighted by molar-refractivity contribution is -0.388. The molecule has 0 aliphatic carbocycles. The average molecular weight is 185 g/mol. The van der Waals surface area contributed by atoms with Crippen molar-refractivity contribution in [1.82, 2.24) is 4.98 Å². The van der Waals surface area contributed by atoms with E-state index in [-0.39, 0.29) is 5.69 Å². The number of nitrogens with zero attached hydrogens (tertiary/aromatic N) is 2. The molecule has 6 heteroatoms. The molecule has 0 saturated heterocycles. The van der Waals surface area contributed by atoms with Crippen LogP contribution in [0.2, 0.25) is 0 Å². The van der Waals surface area contributed by atoms with Gasteiger partial charge in [0.2, 0.25) is 0 Å². The van der Waals surface area contributed by atoms with Crippen molar-refractivity contribution >= 4 is 23.3 Å². The average Bonchev–Trinajstić information content (AvgIpc) is 2.03. The first-order valence-corrected chi connectivity index (χ1v) is 4.32. The number of thioether (sulfide) groups is 1. The minimum Gasteiger partial charge on any atom is -0.384 e. The Bertz CT molecular complexity index is 316. The summed E-state index contributed by atoms with van der Waals surface area (Å²) in [5.74, 6) is 0.296. The molecule has 0 aliphatic heterocycles. The summed E-state index contributed by atoms with van der Waals surface area (Å²) in [6.45, 7) is 0. The lowest BCUT2D eigenvalue weighted by Crippen LogP contribution is -1.96. The summed E-state index contributed by atoms with van der Waals surface area (Å²) in [6.07, 6.45) is 1.72. The Morgan fingerprint density at radius 3 is 2.83 bits per heavy atom. The second-order valence-corrected chi connectivity index (χ2v) is 2.82. The van der Waals surface area contributed by atoms with Gasteiger partial charge in [-0.25, -0.2) is 4.98 Å². The maximum Gasteiger partial charge on any atom is 0.301 e. The van der Waals surface area contributed by atoms with E-state index >= 15 is 0 Å². The highest BCUT2D eigenvalue weighted by molar-refractivity contribution is 7.98. The zero-order chi connectivity index (χ0) is 9.14. The molecule has 12 heavy (non-hydrogen) atoms. The van der Waals surface area contributed by atoms with Crippen molar-refractivity contribution in [1.29, 1.82) is 0 Å². The molecule has 0 amide bonds. The lowest BCUT2D eigenvalue weighted by atomic mass is 10.4. The van der Waals surface area contributed by atoms with E-state index in [0.717, 1.165) is 0 Å². The number of anilines is 1. The van der Waals surface area contributed by atoms with Crippen molar-refractivity contribution in [3.63, 3.8) is 0 Å².